The van der Waals surface area contributed by atoms with Crippen molar-refractivity contribution in [1.29, 1.82) is 0 Å². The Bertz CT molecular complexity index is 665. The lowest BCUT2D eigenvalue weighted by Gasteiger charge is -2.32. The number of carbonyl (C=O) groups is 1. The van der Waals surface area contributed by atoms with E-state index in [1.165, 1.54) is 11.1 Å². The van der Waals surface area contributed by atoms with E-state index in [1.807, 2.05) is 20.0 Å². The molecule has 1 unspecified atom stereocenters. The minimum absolute atomic E-state index is 0.0709. The minimum Gasteiger partial charge on any atom is -0.359 e. The zero-order valence-corrected chi connectivity index (χ0v) is 13.0. The van der Waals surface area contributed by atoms with Crippen LogP contribution in [0.2, 0.25) is 0 Å². The van der Waals surface area contributed by atoms with Gasteiger partial charge in [-0.3, -0.25) is 0 Å². The van der Waals surface area contributed by atoms with Crippen LogP contribution in [0.15, 0.2) is 34.9 Å². The van der Waals surface area contributed by atoms with Crippen molar-refractivity contribution in [2.45, 2.75) is 38.8 Å². The normalized spacial score (nSPS) is 16.9. The van der Waals surface area contributed by atoms with Gasteiger partial charge in [-0.1, -0.05) is 29.4 Å². The molecule has 0 saturated carbocycles. The molecule has 1 atom stereocenters. The molecule has 5 heteroatoms. The lowest BCUT2D eigenvalue weighted by atomic mass is 9.88. The molecule has 1 aromatic heterocycles. The van der Waals surface area contributed by atoms with Crippen LogP contribution in [-0.2, 0) is 19.4 Å². The number of fused-ring (bicyclic) bond motifs is 1. The summed E-state index contributed by atoms with van der Waals surface area (Å²) in [6, 6.07) is 10.5. The topological polar surface area (TPSA) is 58.4 Å². The number of hydrogen-bond acceptors (Lipinski definition) is 3. The molecule has 22 heavy (non-hydrogen) atoms. The molecule has 0 fully saturated rings. The van der Waals surface area contributed by atoms with E-state index in [0.29, 0.717) is 12.3 Å². The Morgan fingerprint density at radius 3 is 2.91 bits per heavy atom. The number of urea groups is 1. The van der Waals surface area contributed by atoms with Crippen LogP contribution < -0.4 is 5.32 Å². The Morgan fingerprint density at radius 2 is 2.18 bits per heavy atom. The Morgan fingerprint density at radius 1 is 1.41 bits per heavy atom. The lowest BCUT2D eigenvalue weighted by molar-refractivity contribution is 0.182. The lowest BCUT2D eigenvalue weighted by Crippen LogP contribution is -2.45. The van der Waals surface area contributed by atoms with Gasteiger partial charge in [-0.15, -0.1) is 0 Å². The summed E-state index contributed by atoms with van der Waals surface area (Å²) in [5.41, 5.74) is 3.58. The molecule has 1 heterocycles. The van der Waals surface area contributed by atoms with Crippen molar-refractivity contribution in [3.05, 3.63) is 52.9 Å². The largest absolute Gasteiger partial charge is 0.359 e. The summed E-state index contributed by atoms with van der Waals surface area (Å²) >= 11 is 0. The smallest absolute Gasteiger partial charge is 0.317 e. The molecule has 0 spiro atoms. The Hall–Kier alpha value is -2.30. The molecule has 2 aromatic rings. The highest BCUT2D eigenvalue weighted by molar-refractivity contribution is 5.74. The number of nitrogens with zero attached hydrogens (tertiary/aromatic N) is 2. The van der Waals surface area contributed by atoms with E-state index >= 15 is 0 Å². The second kappa shape index (κ2) is 6.22. The average Bonchev–Trinajstić information content (AvgIpc) is 2.97. The number of likely N-dealkylation sites (N-methyl/N-ethyl adjacent to an activating group) is 1. The first kappa shape index (κ1) is 14.6. The van der Waals surface area contributed by atoms with Crippen molar-refractivity contribution >= 4 is 6.03 Å². The Kier molecular flexibility index (Phi) is 4.13. The van der Waals surface area contributed by atoms with E-state index in [2.05, 4.69) is 34.7 Å². The van der Waals surface area contributed by atoms with Gasteiger partial charge in [-0.25, -0.2) is 4.79 Å². The number of hydrogen-bond donors (Lipinski definition) is 1. The van der Waals surface area contributed by atoms with Crippen molar-refractivity contribution in [3.8, 4) is 0 Å². The molecular weight excluding hydrogens is 278 g/mol. The number of nitrogens with one attached hydrogen (secondary N) is 1. The third-order valence-corrected chi connectivity index (χ3v) is 4.28. The first-order valence-electron chi connectivity index (χ1n) is 7.63. The molecule has 3 rings (SSSR count). The van der Waals surface area contributed by atoms with Crippen LogP contribution in [0.4, 0.5) is 4.79 Å². The average molecular weight is 299 g/mol. The van der Waals surface area contributed by atoms with Crippen LogP contribution >= 0.6 is 0 Å². The van der Waals surface area contributed by atoms with Crippen LogP contribution in [0.25, 0.3) is 0 Å². The van der Waals surface area contributed by atoms with Gasteiger partial charge in [-0.05, 0) is 37.3 Å². The van der Waals surface area contributed by atoms with Crippen molar-refractivity contribution in [2.75, 3.05) is 7.05 Å². The summed E-state index contributed by atoms with van der Waals surface area (Å²) < 4.78 is 5.10. The van der Waals surface area contributed by atoms with Crippen LogP contribution in [-0.4, -0.2) is 29.2 Å². The highest BCUT2D eigenvalue weighted by Gasteiger charge is 2.24. The predicted molar refractivity (Wildman–Crippen MR) is 83.5 cm³/mol. The van der Waals surface area contributed by atoms with Crippen molar-refractivity contribution < 1.29 is 9.32 Å². The highest BCUT2D eigenvalue weighted by atomic mass is 16.5. The maximum Gasteiger partial charge on any atom is 0.317 e. The van der Waals surface area contributed by atoms with Gasteiger partial charge < -0.3 is 14.7 Å². The van der Waals surface area contributed by atoms with Crippen molar-refractivity contribution in [2.24, 2.45) is 0 Å². The summed E-state index contributed by atoms with van der Waals surface area (Å²) in [6.45, 7) is 2.23. The molecule has 116 valence electrons. The summed E-state index contributed by atoms with van der Waals surface area (Å²) in [6.07, 6.45) is 2.95. The number of rotatable bonds is 3. The third-order valence-electron chi connectivity index (χ3n) is 4.28. The highest BCUT2D eigenvalue weighted by Crippen LogP contribution is 2.23. The van der Waals surface area contributed by atoms with Crippen LogP contribution in [0.5, 0.6) is 0 Å². The summed E-state index contributed by atoms with van der Waals surface area (Å²) in [5, 5.41) is 6.70. The molecule has 0 bridgehead atoms. The van der Waals surface area contributed by atoms with Crippen LogP contribution in [0, 0.1) is 6.92 Å². The molecule has 0 radical (unpaired) electrons. The monoisotopic (exact) mass is 299 g/mol. The fraction of sp³-hybridized carbons (Fsp3) is 0.412. The second-order valence-electron chi connectivity index (χ2n) is 5.87. The SMILES string of the molecule is Cc1cc(CNC(=O)N(C)C2CCc3ccccc3C2)on1. The molecular formula is C17H21N3O2. The van der Waals surface area contributed by atoms with E-state index in [-0.39, 0.29) is 12.1 Å². The second-order valence-corrected chi connectivity index (χ2v) is 5.87. The summed E-state index contributed by atoms with van der Waals surface area (Å²) in [5.74, 6) is 0.674. The summed E-state index contributed by atoms with van der Waals surface area (Å²) in [4.78, 5) is 14.1. The first-order valence-corrected chi connectivity index (χ1v) is 7.63. The first-order chi connectivity index (χ1) is 10.6. The van der Waals surface area contributed by atoms with E-state index < -0.39 is 0 Å². The van der Waals surface area contributed by atoms with Crippen LogP contribution in [0.1, 0.15) is 29.0 Å². The molecule has 1 aromatic carbocycles. The van der Waals surface area contributed by atoms with Gasteiger partial charge in [0.25, 0.3) is 0 Å². The molecule has 0 saturated heterocycles. The molecule has 1 aliphatic carbocycles. The molecule has 0 aliphatic heterocycles. The zero-order chi connectivity index (χ0) is 15.5. The minimum atomic E-state index is -0.0709. The number of carbonyl (C=O) groups excluding carboxylic acids is 1. The maximum absolute atomic E-state index is 12.3. The number of amides is 2. The quantitative estimate of drug-likeness (QED) is 0.948. The van der Waals surface area contributed by atoms with Gasteiger partial charge in [0.15, 0.2) is 5.76 Å². The number of aromatic nitrogens is 1. The van der Waals surface area contributed by atoms with Gasteiger partial charge in [0.1, 0.15) is 0 Å². The number of aryl methyl sites for hydroxylation is 2. The zero-order valence-electron chi connectivity index (χ0n) is 13.0. The van der Waals surface area contributed by atoms with E-state index in [9.17, 15) is 4.79 Å². The van der Waals surface area contributed by atoms with Gasteiger partial charge in [0.2, 0.25) is 0 Å². The maximum atomic E-state index is 12.3. The van der Waals surface area contributed by atoms with Gasteiger partial charge >= 0.3 is 6.03 Å². The van der Waals surface area contributed by atoms with Crippen molar-refractivity contribution in [1.82, 2.24) is 15.4 Å². The third kappa shape index (κ3) is 3.13. The van der Waals surface area contributed by atoms with E-state index in [1.54, 1.807) is 4.90 Å². The van der Waals surface area contributed by atoms with Gasteiger partial charge in [0, 0.05) is 19.2 Å². The Balaban J connectivity index is 1.57. The summed E-state index contributed by atoms with van der Waals surface area (Å²) in [7, 11) is 1.86. The fourth-order valence-corrected chi connectivity index (χ4v) is 2.96. The standard InChI is InChI=1S/C17H21N3O2/c1-12-9-16(22-19-12)11-18-17(21)20(2)15-8-7-13-5-3-4-6-14(13)10-15/h3-6,9,15H,7-8,10-11H2,1-2H3,(H,18,21). The Labute approximate surface area is 130 Å². The van der Waals surface area contributed by atoms with Crippen molar-refractivity contribution in [3.63, 3.8) is 0 Å². The van der Waals surface area contributed by atoms with Crippen LogP contribution in [0.3, 0.4) is 0 Å². The van der Waals surface area contributed by atoms with E-state index in [4.69, 9.17) is 4.52 Å². The molecule has 1 N–H and O–H groups in total. The van der Waals surface area contributed by atoms with Gasteiger partial charge in [0.05, 0.1) is 12.2 Å². The fourth-order valence-electron chi connectivity index (χ4n) is 2.96. The molecule has 5 nitrogen and oxygen atoms in total. The predicted octanol–water partition coefficient (Wildman–Crippen LogP) is 2.68. The van der Waals surface area contributed by atoms with E-state index in [0.717, 1.165) is 25.0 Å². The number of benzene rings is 1. The molecule has 2 amide bonds. The molecule has 1 aliphatic rings. The van der Waals surface area contributed by atoms with Gasteiger partial charge in [-0.2, -0.15) is 0 Å².